The lowest BCUT2D eigenvalue weighted by atomic mass is 10.1. The number of halogens is 4. The quantitative estimate of drug-likeness (QED) is 0.815. The lowest BCUT2D eigenvalue weighted by Crippen LogP contribution is -2.17. The molecule has 2 nitrogen and oxygen atoms in total. The van der Waals surface area contributed by atoms with Crippen molar-refractivity contribution in [1.82, 2.24) is 4.90 Å². The Kier molecular flexibility index (Phi) is 5.28. The standard InChI is InChI=1S/C12H15ClF3NO/c1-17(2)7-3-4-9-5-6-10(13)11(8-9)18-12(14,15)16/h5-6,8H,3-4,7H2,1-2H3. The van der Waals surface area contributed by atoms with Crippen LogP contribution in [0, 0.1) is 0 Å². The summed E-state index contributed by atoms with van der Waals surface area (Å²) in [5, 5.41) is -0.0383. The number of nitrogens with zero attached hydrogens (tertiary/aromatic N) is 1. The lowest BCUT2D eigenvalue weighted by Gasteiger charge is -2.12. The van der Waals surface area contributed by atoms with Gasteiger partial charge in [0.2, 0.25) is 0 Å². The third kappa shape index (κ3) is 5.60. The summed E-state index contributed by atoms with van der Waals surface area (Å²) in [5.41, 5.74) is 0.778. The van der Waals surface area contributed by atoms with Gasteiger partial charge in [0.25, 0.3) is 0 Å². The van der Waals surface area contributed by atoms with E-state index < -0.39 is 6.36 Å². The van der Waals surface area contributed by atoms with Crippen LogP contribution in [-0.4, -0.2) is 31.9 Å². The van der Waals surface area contributed by atoms with Gasteiger partial charge >= 0.3 is 6.36 Å². The molecule has 0 spiro atoms. The van der Waals surface area contributed by atoms with Crippen molar-refractivity contribution in [3.8, 4) is 5.75 Å². The Morgan fingerprint density at radius 2 is 1.94 bits per heavy atom. The number of hydrogen-bond acceptors (Lipinski definition) is 2. The van der Waals surface area contributed by atoms with Crippen LogP contribution < -0.4 is 4.74 Å². The zero-order chi connectivity index (χ0) is 13.8. The van der Waals surface area contributed by atoms with Crippen LogP contribution >= 0.6 is 11.6 Å². The highest BCUT2D eigenvalue weighted by Gasteiger charge is 2.32. The highest BCUT2D eigenvalue weighted by Crippen LogP contribution is 2.31. The molecule has 0 atom stereocenters. The molecule has 0 heterocycles. The fourth-order valence-corrected chi connectivity index (χ4v) is 1.66. The van der Waals surface area contributed by atoms with E-state index in [9.17, 15) is 13.2 Å². The second-order valence-electron chi connectivity index (χ2n) is 4.22. The average molecular weight is 282 g/mol. The Balaban J connectivity index is 2.68. The second-order valence-corrected chi connectivity index (χ2v) is 4.63. The number of hydrogen-bond donors (Lipinski definition) is 0. The summed E-state index contributed by atoms with van der Waals surface area (Å²) in [4.78, 5) is 2.02. The molecule has 18 heavy (non-hydrogen) atoms. The second kappa shape index (κ2) is 6.29. The molecule has 0 fully saturated rings. The summed E-state index contributed by atoms with van der Waals surface area (Å²) in [6, 6.07) is 4.47. The first-order valence-corrected chi connectivity index (χ1v) is 5.84. The molecule has 0 unspecified atom stereocenters. The molecule has 0 bridgehead atoms. The van der Waals surface area contributed by atoms with Gasteiger partial charge in [-0.1, -0.05) is 17.7 Å². The van der Waals surface area contributed by atoms with E-state index in [1.807, 2.05) is 19.0 Å². The predicted octanol–water partition coefficient (Wildman–Crippen LogP) is 3.73. The van der Waals surface area contributed by atoms with Crippen LogP contribution in [0.15, 0.2) is 18.2 Å². The Bertz CT molecular complexity index is 393. The molecule has 102 valence electrons. The Morgan fingerprint density at radius 3 is 2.50 bits per heavy atom. The van der Waals surface area contributed by atoms with Crippen LogP contribution in [0.2, 0.25) is 5.02 Å². The molecule has 6 heteroatoms. The molecular weight excluding hydrogens is 267 g/mol. The first kappa shape index (κ1) is 15.1. The van der Waals surface area contributed by atoms with Crippen molar-refractivity contribution in [2.24, 2.45) is 0 Å². The van der Waals surface area contributed by atoms with E-state index >= 15 is 0 Å². The van der Waals surface area contributed by atoms with E-state index in [4.69, 9.17) is 11.6 Å². The van der Waals surface area contributed by atoms with Gasteiger partial charge in [0.1, 0.15) is 5.75 Å². The van der Waals surface area contributed by atoms with Gasteiger partial charge in [-0.15, -0.1) is 13.2 Å². The minimum absolute atomic E-state index is 0.0383. The van der Waals surface area contributed by atoms with Crippen LogP contribution in [0.4, 0.5) is 13.2 Å². The van der Waals surface area contributed by atoms with Crippen molar-refractivity contribution in [3.05, 3.63) is 28.8 Å². The largest absolute Gasteiger partial charge is 0.573 e. The molecule has 0 aliphatic heterocycles. The Labute approximate surface area is 109 Å². The molecule has 0 saturated carbocycles. The first-order chi connectivity index (χ1) is 8.28. The third-order valence-electron chi connectivity index (χ3n) is 2.29. The van der Waals surface area contributed by atoms with Gasteiger partial charge in [0.15, 0.2) is 0 Å². The number of rotatable bonds is 5. The van der Waals surface area contributed by atoms with Gasteiger partial charge in [0, 0.05) is 0 Å². The van der Waals surface area contributed by atoms with Gasteiger partial charge in [0.05, 0.1) is 5.02 Å². The van der Waals surface area contributed by atoms with Crippen molar-refractivity contribution in [2.75, 3.05) is 20.6 Å². The molecule has 1 aromatic carbocycles. The fourth-order valence-electron chi connectivity index (χ4n) is 1.51. The lowest BCUT2D eigenvalue weighted by molar-refractivity contribution is -0.274. The monoisotopic (exact) mass is 281 g/mol. The van der Waals surface area contributed by atoms with Crippen molar-refractivity contribution < 1.29 is 17.9 Å². The summed E-state index contributed by atoms with van der Waals surface area (Å²) in [7, 11) is 3.89. The summed E-state index contributed by atoms with van der Waals surface area (Å²) < 4.78 is 40.2. The zero-order valence-corrected chi connectivity index (χ0v) is 11.0. The number of alkyl halides is 3. The van der Waals surface area contributed by atoms with E-state index in [1.165, 1.54) is 12.1 Å². The van der Waals surface area contributed by atoms with Gasteiger partial charge in [-0.2, -0.15) is 0 Å². The molecule has 0 aliphatic carbocycles. The smallest absolute Gasteiger partial charge is 0.404 e. The topological polar surface area (TPSA) is 12.5 Å². The van der Waals surface area contributed by atoms with Crippen molar-refractivity contribution in [2.45, 2.75) is 19.2 Å². The highest BCUT2D eigenvalue weighted by molar-refractivity contribution is 6.32. The molecule has 0 aromatic heterocycles. The predicted molar refractivity (Wildman–Crippen MR) is 65.0 cm³/mol. The molecule has 1 rings (SSSR count). The maximum absolute atomic E-state index is 12.1. The van der Waals surface area contributed by atoms with Crippen LogP contribution in [-0.2, 0) is 6.42 Å². The average Bonchev–Trinajstić information content (AvgIpc) is 2.20. The summed E-state index contributed by atoms with van der Waals surface area (Å²) in [6.45, 7) is 0.873. The van der Waals surface area contributed by atoms with Gasteiger partial charge < -0.3 is 9.64 Å². The summed E-state index contributed by atoms with van der Waals surface area (Å²) in [5.74, 6) is -0.341. The van der Waals surface area contributed by atoms with E-state index in [0.29, 0.717) is 6.42 Å². The molecule has 1 aromatic rings. The van der Waals surface area contributed by atoms with Crippen LogP contribution in [0.1, 0.15) is 12.0 Å². The Hall–Kier alpha value is -0.940. The molecule has 0 N–H and O–H groups in total. The highest BCUT2D eigenvalue weighted by atomic mass is 35.5. The molecule has 0 aliphatic rings. The van der Waals surface area contributed by atoms with Crippen LogP contribution in [0.3, 0.4) is 0 Å². The minimum Gasteiger partial charge on any atom is -0.404 e. The first-order valence-electron chi connectivity index (χ1n) is 5.47. The number of ether oxygens (including phenoxy) is 1. The van der Waals surface area contributed by atoms with Crippen molar-refractivity contribution >= 4 is 11.6 Å². The Morgan fingerprint density at radius 1 is 1.28 bits per heavy atom. The summed E-state index contributed by atoms with van der Waals surface area (Å²) >= 11 is 5.65. The zero-order valence-electron chi connectivity index (χ0n) is 10.2. The van der Waals surface area contributed by atoms with Gasteiger partial charge in [-0.3, -0.25) is 0 Å². The number of benzene rings is 1. The normalized spacial score (nSPS) is 11.9. The third-order valence-corrected chi connectivity index (χ3v) is 2.60. The number of aryl methyl sites for hydroxylation is 1. The fraction of sp³-hybridized carbons (Fsp3) is 0.500. The van der Waals surface area contributed by atoms with Gasteiger partial charge in [-0.25, -0.2) is 0 Å². The SMILES string of the molecule is CN(C)CCCc1ccc(Cl)c(OC(F)(F)F)c1. The minimum atomic E-state index is -4.72. The maximum atomic E-state index is 12.1. The molecule has 0 amide bonds. The van der Waals surface area contributed by atoms with E-state index in [2.05, 4.69) is 4.74 Å². The van der Waals surface area contributed by atoms with E-state index in [1.54, 1.807) is 6.07 Å². The van der Waals surface area contributed by atoms with E-state index in [0.717, 1.165) is 18.5 Å². The van der Waals surface area contributed by atoms with Crippen LogP contribution in [0.5, 0.6) is 5.75 Å². The molecular formula is C12H15ClF3NO. The molecule has 0 radical (unpaired) electrons. The van der Waals surface area contributed by atoms with Gasteiger partial charge in [-0.05, 0) is 51.2 Å². The van der Waals surface area contributed by atoms with E-state index in [-0.39, 0.29) is 10.8 Å². The van der Waals surface area contributed by atoms with Crippen LogP contribution in [0.25, 0.3) is 0 Å². The maximum Gasteiger partial charge on any atom is 0.573 e. The molecule has 0 saturated heterocycles. The summed E-state index contributed by atoms with van der Waals surface area (Å²) in [6.07, 6.45) is -3.17. The van der Waals surface area contributed by atoms with Crippen molar-refractivity contribution in [3.63, 3.8) is 0 Å². The van der Waals surface area contributed by atoms with Crippen molar-refractivity contribution in [1.29, 1.82) is 0 Å².